The molecule has 2 aromatic rings. The van der Waals surface area contributed by atoms with Gasteiger partial charge in [0.1, 0.15) is 23.5 Å². The average molecular weight is 293 g/mol. The summed E-state index contributed by atoms with van der Waals surface area (Å²) in [4.78, 5) is 20.3. The molecule has 0 saturated carbocycles. The Hall–Kier alpha value is -2.15. The van der Waals surface area contributed by atoms with E-state index in [1.54, 1.807) is 13.8 Å². The molecule has 0 saturated heterocycles. The molecule has 2 N–H and O–H groups in total. The lowest BCUT2D eigenvalue weighted by atomic mass is 10.1. The minimum Gasteiger partial charge on any atom is -0.462 e. The summed E-state index contributed by atoms with van der Waals surface area (Å²) in [7, 11) is 0. The van der Waals surface area contributed by atoms with Crippen molar-refractivity contribution in [3.8, 4) is 0 Å². The quantitative estimate of drug-likeness (QED) is 0.812. The topological polar surface area (TPSA) is 97.5 Å². The molecule has 0 aliphatic heterocycles. The van der Waals surface area contributed by atoms with Gasteiger partial charge >= 0.3 is 5.97 Å². The molecule has 2 rings (SSSR count). The van der Waals surface area contributed by atoms with Crippen molar-refractivity contribution in [1.29, 1.82) is 0 Å². The van der Waals surface area contributed by atoms with Crippen LogP contribution in [0.5, 0.6) is 0 Å². The van der Waals surface area contributed by atoms with Gasteiger partial charge in [0.05, 0.1) is 24.1 Å². The first-order chi connectivity index (χ1) is 9.89. The molecule has 2 heterocycles. The molecule has 7 nitrogen and oxygen atoms in total. The number of furan rings is 1. The highest BCUT2D eigenvalue weighted by Gasteiger charge is 2.26. The first-order valence-electron chi connectivity index (χ1n) is 6.70. The number of ether oxygens (including phenoxy) is 1. The number of fused-ring (bicyclic) bond motifs is 1. The highest BCUT2D eigenvalue weighted by Crippen LogP contribution is 2.30. The summed E-state index contributed by atoms with van der Waals surface area (Å²) in [6.07, 6.45) is 1.34. The SMILES string of the molecule is CCOC(=O)c1c(C)oc2ncnc(NC(C)(C)CO)c12. The Morgan fingerprint density at radius 3 is 2.81 bits per heavy atom. The van der Waals surface area contributed by atoms with Crippen LogP contribution in [0.2, 0.25) is 0 Å². The van der Waals surface area contributed by atoms with Crippen LogP contribution in [0.1, 0.15) is 36.9 Å². The molecule has 0 radical (unpaired) electrons. The predicted molar refractivity (Wildman–Crippen MR) is 77.3 cm³/mol. The summed E-state index contributed by atoms with van der Waals surface area (Å²) in [5, 5.41) is 12.9. The second-order valence-electron chi connectivity index (χ2n) is 5.32. The zero-order valence-electron chi connectivity index (χ0n) is 12.6. The molecule has 7 heteroatoms. The van der Waals surface area contributed by atoms with Crippen LogP contribution < -0.4 is 5.32 Å². The molecular weight excluding hydrogens is 274 g/mol. The number of aliphatic hydroxyl groups excluding tert-OH is 1. The smallest absolute Gasteiger partial charge is 0.342 e. The number of esters is 1. The maximum atomic E-state index is 12.1. The van der Waals surface area contributed by atoms with Gasteiger partial charge in [0.15, 0.2) is 0 Å². The number of aromatic nitrogens is 2. The minimum absolute atomic E-state index is 0.0932. The molecule has 21 heavy (non-hydrogen) atoms. The Kier molecular flexibility index (Phi) is 4.13. The van der Waals surface area contributed by atoms with E-state index in [1.165, 1.54) is 6.33 Å². The Bertz CT molecular complexity index is 664. The fourth-order valence-corrected chi connectivity index (χ4v) is 1.95. The summed E-state index contributed by atoms with van der Waals surface area (Å²) in [5.41, 5.74) is 0.0174. The Labute approximate surface area is 122 Å². The minimum atomic E-state index is -0.599. The fraction of sp³-hybridized carbons (Fsp3) is 0.500. The van der Waals surface area contributed by atoms with Crippen molar-refractivity contribution < 1.29 is 19.1 Å². The largest absolute Gasteiger partial charge is 0.462 e. The lowest BCUT2D eigenvalue weighted by Crippen LogP contribution is -2.35. The van der Waals surface area contributed by atoms with Crippen molar-refractivity contribution in [2.75, 3.05) is 18.5 Å². The van der Waals surface area contributed by atoms with Crippen molar-refractivity contribution in [2.24, 2.45) is 0 Å². The fourth-order valence-electron chi connectivity index (χ4n) is 1.95. The third kappa shape index (κ3) is 2.97. The first-order valence-corrected chi connectivity index (χ1v) is 6.70. The van der Waals surface area contributed by atoms with E-state index in [1.807, 2.05) is 13.8 Å². The lowest BCUT2D eigenvalue weighted by Gasteiger charge is -2.24. The number of carbonyl (C=O) groups excluding carboxylic acids is 1. The molecule has 0 spiro atoms. The zero-order valence-corrected chi connectivity index (χ0v) is 12.6. The van der Waals surface area contributed by atoms with Crippen LogP contribution in [0.25, 0.3) is 11.1 Å². The van der Waals surface area contributed by atoms with Crippen molar-refractivity contribution in [3.05, 3.63) is 17.7 Å². The van der Waals surface area contributed by atoms with Crippen LogP contribution in [0, 0.1) is 6.92 Å². The Morgan fingerprint density at radius 2 is 2.19 bits per heavy atom. The van der Waals surface area contributed by atoms with E-state index in [4.69, 9.17) is 9.15 Å². The molecule has 0 amide bonds. The third-order valence-electron chi connectivity index (χ3n) is 3.00. The van der Waals surface area contributed by atoms with Gasteiger partial charge in [-0.3, -0.25) is 0 Å². The summed E-state index contributed by atoms with van der Waals surface area (Å²) >= 11 is 0. The van der Waals surface area contributed by atoms with Crippen LogP contribution in [-0.4, -0.2) is 39.8 Å². The summed E-state index contributed by atoms with van der Waals surface area (Å²) < 4.78 is 10.6. The molecule has 0 atom stereocenters. The number of hydrogen-bond acceptors (Lipinski definition) is 7. The molecule has 0 fully saturated rings. The number of anilines is 1. The highest BCUT2D eigenvalue weighted by atomic mass is 16.5. The standard InChI is InChI=1S/C14H19N3O4/c1-5-20-13(19)9-8(2)21-12-10(9)11(15-7-16-12)17-14(3,4)6-18/h7,18H,5-6H2,1-4H3,(H,15,16,17). The van der Waals surface area contributed by atoms with Crippen molar-refractivity contribution in [3.63, 3.8) is 0 Å². The molecule has 0 aliphatic rings. The van der Waals surface area contributed by atoms with Gasteiger partial charge in [0.25, 0.3) is 0 Å². The van der Waals surface area contributed by atoms with Gasteiger partial charge in [-0.25, -0.2) is 14.8 Å². The van der Waals surface area contributed by atoms with E-state index < -0.39 is 11.5 Å². The van der Waals surface area contributed by atoms with E-state index in [0.29, 0.717) is 28.2 Å². The van der Waals surface area contributed by atoms with Gasteiger partial charge in [0.2, 0.25) is 5.71 Å². The van der Waals surface area contributed by atoms with E-state index >= 15 is 0 Å². The maximum Gasteiger partial charge on any atom is 0.342 e. The van der Waals surface area contributed by atoms with Crippen molar-refractivity contribution >= 4 is 22.9 Å². The van der Waals surface area contributed by atoms with Gasteiger partial charge in [0, 0.05) is 0 Å². The number of aliphatic hydroxyl groups is 1. The van der Waals surface area contributed by atoms with Crippen LogP contribution >= 0.6 is 0 Å². The molecular formula is C14H19N3O4. The van der Waals surface area contributed by atoms with Gasteiger partial charge in [-0.1, -0.05) is 0 Å². The van der Waals surface area contributed by atoms with Crippen LogP contribution in [0.3, 0.4) is 0 Å². The summed E-state index contributed by atoms with van der Waals surface area (Å²) in [5.74, 6) is 0.376. The molecule has 0 aromatic carbocycles. The third-order valence-corrected chi connectivity index (χ3v) is 3.00. The number of aryl methyl sites for hydroxylation is 1. The molecule has 0 aliphatic carbocycles. The van der Waals surface area contributed by atoms with Crippen LogP contribution in [0.15, 0.2) is 10.7 Å². The summed E-state index contributed by atoms with van der Waals surface area (Å²) in [6.45, 7) is 7.22. The normalized spacial score (nSPS) is 11.7. The van der Waals surface area contributed by atoms with Crippen molar-refractivity contribution in [2.45, 2.75) is 33.2 Å². The second kappa shape index (κ2) is 5.69. The number of nitrogens with one attached hydrogen (secondary N) is 1. The van der Waals surface area contributed by atoms with E-state index in [-0.39, 0.29) is 13.2 Å². The van der Waals surface area contributed by atoms with Crippen molar-refractivity contribution in [1.82, 2.24) is 9.97 Å². The van der Waals surface area contributed by atoms with Gasteiger partial charge in [-0.2, -0.15) is 0 Å². The van der Waals surface area contributed by atoms with Gasteiger partial charge in [-0.05, 0) is 27.7 Å². The number of carbonyl (C=O) groups is 1. The maximum absolute atomic E-state index is 12.1. The number of hydrogen-bond donors (Lipinski definition) is 2. The average Bonchev–Trinajstić information content (AvgIpc) is 2.76. The highest BCUT2D eigenvalue weighted by molar-refractivity contribution is 6.07. The molecule has 0 bridgehead atoms. The van der Waals surface area contributed by atoms with E-state index in [2.05, 4.69) is 15.3 Å². The Morgan fingerprint density at radius 1 is 1.48 bits per heavy atom. The van der Waals surface area contributed by atoms with Gasteiger partial charge < -0.3 is 19.6 Å². The number of rotatable bonds is 5. The second-order valence-corrected chi connectivity index (χ2v) is 5.32. The lowest BCUT2D eigenvalue weighted by molar-refractivity contribution is 0.0526. The van der Waals surface area contributed by atoms with Crippen LogP contribution in [0.4, 0.5) is 5.82 Å². The monoisotopic (exact) mass is 293 g/mol. The predicted octanol–water partition coefficient (Wildman–Crippen LogP) is 1.89. The molecule has 114 valence electrons. The Balaban J connectivity index is 2.59. The van der Waals surface area contributed by atoms with E-state index in [0.717, 1.165) is 0 Å². The van der Waals surface area contributed by atoms with Crippen LogP contribution in [-0.2, 0) is 4.74 Å². The molecule has 0 unspecified atom stereocenters. The summed E-state index contributed by atoms with van der Waals surface area (Å²) in [6, 6.07) is 0. The number of nitrogens with zero attached hydrogens (tertiary/aromatic N) is 2. The molecule has 2 aromatic heterocycles. The van der Waals surface area contributed by atoms with Gasteiger partial charge in [-0.15, -0.1) is 0 Å². The first kappa shape index (κ1) is 15.2. The van der Waals surface area contributed by atoms with E-state index in [9.17, 15) is 9.90 Å². The zero-order chi connectivity index (χ0) is 15.6.